The van der Waals surface area contributed by atoms with E-state index in [-0.39, 0.29) is 11.8 Å². The van der Waals surface area contributed by atoms with Crippen molar-refractivity contribution < 1.29 is 9.59 Å². The molecular weight excluding hydrogens is 314 g/mol. The third kappa shape index (κ3) is 2.93. The molecule has 0 saturated heterocycles. The third-order valence-electron chi connectivity index (χ3n) is 4.64. The molecule has 5 nitrogen and oxygen atoms in total. The lowest BCUT2D eigenvalue weighted by molar-refractivity contribution is -0.118. The second-order valence-corrected chi connectivity index (χ2v) is 6.28. The average Bonchev–Trinajstić information content (AvgIpc) is 2.68. The van der Waals surface area contributed by atoms with E-state index in [0.29, 0.717) is 30.8 Å². The Balaban J connectivity index is 1.65. The molecule has 0 fully saturated rings. The van der Waals surface area contributed by atoms with Gasteiger partial charge in [-0.25, -0.2) is 5.01 Å². The fraction of sp³-hybridized carbons (Fsp3) is 0.250. The molecule has 2 aliphatic heterocycles. The normalized spacial score (nSPS) is 17.1. The van der Waals surface area contributed by atoms with E-state index in [1.807, 2.05) is 48.5 Å². The van der Waals surface area contributed by atoms with E-state index in [0.717, 1.165) is 18.5 Å². The summed E-state index contributed by atoms with van der Waals surface area (Å²) in [6, 6.07) is 17.2. The number of aryl methyl sites for hydroxylation is 1. The van der Waals surface area contributed by atoms with E-state index in [9.17, 15) is 9.59 Å². The van der Waals surface area contributed by atoms with Crippen LogP contribution < -0.4 is 9.91 Å². The quantitative estimate of drug-likeness (QED) is 0.848. The first-order valence-corrected chi connectivity index (χ1v) is 8.59. The van der Waals surface area contributed by atoms with Gasteiger partial charge in [0.1, 0.15) is 5.71 Å². The molecule has 0 spiro atoms. The smallest absolute Gasteiger partial charge is 0.274 e. The minimum Gasteiger partial charge on any atom is -0.307 e. The molecule has 0 aliphatic carbocycles. The summed E-state index contributed by atoms with van der Waals surface area (Å²) in [6.07, 6.45) is 2.62. The van der Waals surface area contributed by atoms with Gasteiger partial charge < -0.3 is 4.90 Å². The summed E-state index contributed by atoms with van der Waals surface area (Å²) >= 11 is 0. The van der Waals surface area contributed by atoms with Crippen LogP contribution >= 0.6 is 0 Å². The molecule has 2 amide bonds. The van der Waals surface area contributed by atoms with Crippen molar-refractivity contribution in [1.29, 1.82) is 0 Å². The average molecular weight is 333 g/mol. The van der Waals surface area contributed by atoms with Crippen molar-refractivity contribution in [2.45, 2.75) is 25.7 Å². The van der Waals surface area contributed by atoms with Gasteiger partial charge in [0.25, 0.3) is 5.91 Å². The van der Waals surface area contributed by atoms with E-state index in [1.165, 1.54) is 10.6 Å². The molecule has 25 heavy (non-hydrogen) atoms. The largest absolute Gasteiger partial charge is 0.307 e. The van der Waals surface area contributed by atoms with Gasteiger partial charge in [-0.2, -0.15) is 5.10 Å². The van der Waals surface area contributed by atoms with Gasteiger partial charge in [0.2, 0.25) is 5.91 Å². The highest BCUT2D eigenvalue weighted by atomic mass is 16.2. The van der Waals surface area contributed by atoms with Gasteiger partial charge >= 0.3 is 0 Å². The lowest BCUT2D eigenvalue weighted by atomic mass is 10.0. The Hall–Kier alpha value is -2.95. The monoisotopic (exact) mass is 333 g/mol. The van der Waals surface area contributed by atoms with Gasteiger partial charge in [-0.15, -0.1) is 0 Å². The lowest BCUT2D eigenvalue weighted by Crippen LogP contribution is -2.43. The Morgan fingerprint density at radius 3 is 2.52 bits per heavy atom. The number of anilines is 2. The van der Waals surface area contributed by atoms with Crippen LogP contribution in [0.2, 0.25) is 0 Å². The summed E-state index contributed by atoms with van der Waals surface area (Å²) in [5.74, 6) is -0.178. The summed E-state index contributed by atoms with van der Waals surface area (Å²) < 4.78 is 0. The van der Waals surface area contributed by atoms with Crippen LogP contribution in [0.1, 0.15) is 24.8 Å². The van der Waals surface area contributed by atoms with Crippen molar-refractivity contribution in [3.05, 3.63) is 60.2 Å². The summed E-state index contributed by atoms with van der Waals surface area (Å²) in [5, 5.41) is 5.74. The van der Waals surface area contributed by atoms with E-state index < -0.39 is 0 Å². The highest BCUT2D eigenvalue weighted by molar-refractivity contribution is 6.44. The molecule has 2 aliphatic rings. The minimum absolute atomic E-state index is 0.0817. The van der Waals surface area contributed by atoms with Crippen molar-refractivity contribution in [2.24, 2.45) is 5.10 Å². The van der Waals surface area contributed by atoms with Crippen LogP contribution in [0.4, 0.5) is 11.4 Å². The van der Waals surface area contributed by atoms with Crippen LogP contribution in [0.5, 0.6) is 0 Å². The Morgan fingerprint density at radius 2 is 1.68 bits per heavy atom. The van der Waals surface area contributed by atoms with Gasteiger partial charge in [-0.3, -0.25) is 9.59 Å². The van der Waals surface area contributed by atoms with Crippen LogP contribution in [0.3, 0.4) is 0 Å². The minimum atomic E-state index is -0.0967. The van der Waals surface area contributed by atoms with Crippen LogP contribution in [0, 0.1) is 0 Å². The predicted molar refractivity (Wildman–Crippen MR) is 97.7 cm³/mol. The van der Waals surface area contributed by atoms with E-state index in [4.69, 9.17) is 0 Å². The van der Waals surface area contributed by atoms with E-state index >= 15 is 0 Å². The summed E-state index contributed by atoms with van der Waals surface area (Å²) in [7, 11) is 0. The Morgan fingerprint density at radius 1 is 0.920 bits per heavy atom. The molecule has 126 valence electrons. The fourth-order valence-corrected chi connectivity index (χ4v) is 3.38. The van der Waals surface area contributed by atoms with E-state index in [2.05, 4.69) is 11.2 Å². The number of hydrogen-bond donors (Lipinski definition) is 0. The zero-order valence-corrected chi connectivity index (χ0v) is 13.9. The third-order valence-corrected chi connectivity index (χ3v) is 4.64. The Labute approximate surface area is 146 Å². The maximum atomic E-state index is 13.1. The lowest BCUT2D eigenvalue weighted by Gasteiger charge is -2.31. The summed E-state index contributed by atoms with van der Waals surface area (Å²) in [6.45, 7) is 0.689. The van der Waals surface area contributed by atoms with Crippen LogP contribution in [0.25, 0.3) is 0 Å². The van der Waals surface area contributed by atoms with Gasteiger partial charge in [0.15, 0.2) is 0 Å². The number of hydrazone groups is 1. The second-order valence-electron chi connectivity index (χ2n) is 6.28. The molecule has 2 aromatic rings. The van der Waals surface area contributed by atoms with Gasteiger partial charge in [0.05, 0.1) is 5.69 Å². The molecule has 0 N–H and O–H groups in total. The van der Waals surface area contributed by atoms with Crippen molar-refractivity contribution in [3.63, 3.8) is 0 Å². The zero-order chi connectivity index (χ0) is 17.2. The maximum Gasteiger partial charge on any atom is 0.274 e. The number of carbonyl (C=O) groups excluding carboxylic acids is 2. The van der Waals surface area contributed by atoms with Crippen molar-refractivity contribution in [1.82, 2.24) is 0 Å². The number of hydrogen-bond acceptors (Lipinski definition) is 3. The molecule has 2 aromatic carbocycles. The van der Waals surface area contributed by atoms with E-state index in [1.54, 1.807) is 4.90 Å². The molecular formula is C20H19N3O2. The predicted octanol–water partition coefficient (Wildman–Crippen LogP) is 3.15. The summed E-state index contributed by atoms with van der Waals surface area (Å²) in [5.41, 5.74) is 3.29. The summed E-state index contributed by atoms with van der Waals surface area (Å²) in [4.78, 5) is 27.1. The number of rotatable bonds is 2. The molecule has 5 heteroatoms. The molecule has 4 rings (SSSR count). The van der Waals surface area contributed by atoms with Gasteiger partial charge in [-0.1, -0.05) is 36.4 Å². The van der Waals surface area contributed by atoms with Crippen LogP contribution in [-0.2, 0) is 16.0 Å². The number of carbonyl (C=O) groups is 2. The fourth-order valence-electron chi connectivity index (χ4n) is 3.38. The van der Waals surface area contributed by atoms with Gasteiger partial charge in [-0.05, 0) is 36.6 Å². The van der Waals surface area contributed by atoms with Crippen molar-refractivity contribution in [2.75, 3.05) is 16.5 Å². The highest BCUT2D eigenvalue weighted by Crippen LogP contribution is 2.28. The standard InChI is InChI=1S/C20H19N3O2/c24-19-13-12-17(21-23(19)16-9-2-1-3-10-16)20(25)22-14-6-8-15-7-4-5-11-18(15)22/h1-5,7,9-11H,6,8,12-14H2. The van der Waals surface area contributed by atoms with Crippen LogP contribution in [0.15, 0.2) is 59.7 Å². The number of fused-ring (bicyclic) bond motifs is 1. The Bertz CT molecular complexity index is 845. The molecule has 2 heterocycles. The number of amides is 2. The first kappa shape index (κ1) is 15.6. The topological polar surface area (TPSA) is 53.0 Å². The first-order valence-electron chi connectivity index (χ1n) is 8.59. The zero-order valence-electron chi connectivity index (χ0n) is 13.9. The van der Waals surface area contributed by atoms with Crippen LogP contribution in [-0.4, -0.2) is 24.1 Å². The molecule has 0 bridgehead atoms. The first-order chi connectivity index (χ1) is 12.2. The molecule has 0 radical (unpaired) electrons. The SMILES string of the molecule is O=C(C1=NN(c2ccccc2)C(=O)CC1)N1CCCc2ccccc21. The number of nitrogens with zero attached hydrogens (tertiary/aromatic N) is 3. The van der Waals surface area contributed by atoms with Gasteiger partial charge in [0, 0.05) is 25.1 Å². The Kier molecular flexibility index (Phi) is 4.06. The maximum absolute atomic E-state index is 13.1. The molecule has 0 saturated carbocycles. The number of benzene rings is 2. The molecule has 0 unspecified atom stereocenters. The van der Waals surface area contributed by atoms with Crippen molar-refractivity contribution >= 4 is 28.9 Å². The molecule has 0 atom stereocenters. The molecule has 0 aromatic heterocycles. The highest BCUT2D eigenvalue weighted by Gasteiger charge is 2.30. The second kappa shape index (κ2) is 6.51. The van der Waals surface area contributed by atoms with Crippen molar-refractivity contribution in [3.8, 4) is 0 Å². The number of para-hydroxylation sites is 2.